The first kappa shape index (κ1) is 12.7. The minimum Gasteiger partial charge on any atom is -0.303 e. The van der Waals surface area contributed by atoms with Gasteiger partial charge in [-0.1, -0.05) is 33.6 Å². The van der Waals surface area contributed by atoms with Gasteiger partial charge in [0.15, 0.2) is 0 Å². The normalized spacial score (nSPS) is 26.5. The molecule has 1 heterocycles. The van der Waals surface area contributed by atoms with Crippen LogP contribution < -0.4 is 0 Å². The van der Waals surface area contributed by atoms with Gasteiger partial charge in [-0.15, -0.1) is 0 Å². The van der Waals surface area contributed by atoms with Gasteiger partial charge < -0.3 is 9.69 Å². The van der Waals surface area contributed by atoms with Gasteiger partial charge in [-0.05, 0) is 25.3 Å². The Hall–Kier alpha value is -0.370. The summed E-state index contributed by atoms with van der Waals surface area (Å²) in [4.78, 5) is 13.6. The lowest BCUT2D eigenvalue weighted by molar-refractivity contribution is -0.116. The predicted molar refractivity (Wildman–Crippen MR) is 63.9 cm³/mol. The topological polar surface area (TPSA) is 20.3 Å². The quantitative estimate of drug-likeness (QED) is 0.630. The van der Waals surface area contributed by atoms with Crippen LogP contribution in [0.1, 0.15) is 46.5 Å². The van der Waals surface area contributed by atoms with Crippen LogP contribution in [-0.2, 0) is 4.79 Å². The van der Waals surface area contributed by atoms with Crippen LogP contribution in [0.4, 0.5) is 0 Å². The van der Waals surface area contributed by atoms with E-state index < -0.39 is 0 Å². The second kappa shape index (κ2) is 5.64. The molecule has 2 nitrogen and oxygen atoms in total. The van der Waals surface area contributed by atoms with E-state index in [1.54, 1.807) is 0 Å². The molecule has 0 radical (unpaired) electrons. The van der Waals surface area contributed by atoms with Crippen molar-refractivity contribution in [2.45, 2.75) is 46.5 Å². The van der Waals surface area contributed by atoms with E-state index in [0.29, 0.717) is 0 Å². The Balaban J connectivity index is 2.42. The second-order valence-electron chi connectivity index (χ2n) is 5.32. The fourth-order valence-electron chi connectivity index (χ4n) is 2.65. The maximum absolute atomic E-state index is 11.1. The van der Waals surface area contributed by atoms with E-state index in [4.69, 9.17) is 0 Å². The summed E-state index contributed by atoms with van der Waals surface area (Å²) in [6.45, 7) is 9.86. The van der Waals surface area contributed by atoms with E-state index in [9.17, 15) is 4.79 Å². The van der Waals surface area contributed by atoms with Crippen molar-refractivity contribution in [2.75, 3.05) is 19.6 Å². The van der Waals surface area contributed by atoms with Gasteiger partial charge >= 0.3 is 0 Å². The highest BCUT2D eigenvalue weighted by Crippen LogP contribution is 2.26. The molecule has 0 bridgehead atoms. The summed E-state index contributed by atoms with van der Waals surface area (Å²) in [6, 6.07) is 0. The highest BCUT2D eigenvalue weighted by atomic mass is 16.1. The van der Waals surface area contributed by atoms with Crippen LogP contribution in [0.15, 0.2) is 0 Å². The molecule has 15 heavy (non-hydrogen) atoms. The van der Waals surface area contributed by atoms with Crippen molar-refractivity contribution in [3.8, 4) is 0 Å². The van der Waals surface area contributed by atoms with Crippen molar-refractivity contribution in [2.24, 2.45) is 11.3 Å². The van der Waals surface area contributed by atoms with Crippen molar-refractivity contribution in [3.63, 3.8) is 0 Å². The molecule has 0 amide bonds. The van der Waals surface area contributed by atoms with E-state index in [2.05, 4.69) is 25.7 Å². The standard InChI is InChI=1S/C13H25NO/c1-4-7-13(3,11-15)10-14-8-6-12(5-2)9-14/h11-12H,4-10H2,1-3H3. The first-order chi connectivity index (χ1) is 7.13. The number of hydrogen-bond donors (Lipinski definition) is 0. The van der Waals surface area contributed by atoms with Gasteiger partial charge in [0.25, 0.3) is 0 Å². The van der Waals surface area contributed by atoms with Gasteiger partial charge in [0, 0.05) is 18.5 Å². The van der Waals surface area contributed by atoms with Crippen LogP contribution in [0.2, 0.25) is 0 Å². The van der Waals surface area contributed by atoms with E-state index in [0.717, 1.165) is 31.6 Å². The lowest BCUT2D eigenvalue weighted by Crippen LogP contribution is -2.35. The van der Waals surface area contributed by atoms with Crippen molar-refractivity contribution in [1.82, 2.24) is 4.90 Å². The van der Waals surface area contributed by atoms with E-state index in [1.807, 2.05) is 0 Å². The number of rotatable bonds is 6. The fraction of sp³-hybridized carbons (Fsp3) is 0.923. The number of nitrogens with zero attached hydrogens (tertiary/aromatic N) is 1. The smallest absolute Gasteiger partial charge is 0.127 e. The summed E-state index contributed by atoms with van der Waals surface area (Å²) in [7, 11) is 0. The van der Waals surface area contributed by atoms with Crippen molar-refractivity contribution in [3.05, 3.63) is 0 Å². The fourth-order valence-corrected chi connectivity index (χ4v) is 2.65. The van der Waals surface area contributed by atoms with Crippen LogP contribution in [0, 0.1) is 11.3 Å². The lowest BCUT2D eigenvalue weighted by Gasteiger charge is -2.28. The van der Waals surface area contributed by atoms with Crippen molar-refractivity contribution >= 4 is 6.29 Å². The summed E-state index contributed by atoms with van der Waals surface area (Å²) >= 11 is 0. The number of carbonyl (C=O) groups excluding carboxylic acids is 1. The zero-order chi connectivity index (χ0) is 11.3. The third kappa shape index (κ3) is 3.60. The molecule has 0 aromatic heterocycles. The molecule has 0 spiro atoms. The van der Waals surface area contributed by atoms with E-state index >= 15 is 0 Å². The van der Waals surface area contributed by atoms with E-state index in [-0.39, 0.29) is 5.41 Å². The number of hydrogen-bond acceptors (Lipinski definition) is 2. The molecule has 2 unspecified atom stereocenters. The largest absolute Gasteiger partial charge is 0.303 e. The molecule has 2 atom stereocenters. The maximum atomic E-state index is 11.1. The zero-order valence-electron chi connectivity index (χ0n) is 10.5. The van der Waals surface area contributed by atoms with Gasteiger partial charge in [-0.3, -0.25) is 0 Å². The van der Waals surface area contributed by atoms with Gasteiger partial charge in [0.05, 0.1) is 0 Å². The Morgan fingerprint density at radius 3 is 2.67 bits per heavy atom. The number of likely N-dealkylation sites (tertiary alicyclic amines) is 1. The molecule has 1 aliphatic heterocycles. The Labute approximate surface area is 94.0 Å². The molecular weight excluding hydrogens is 186 g/mol. The molecule has 88 valence electrons. The molecule has 1 fully saturated rings. The zero-order valence-corrected chi connectivity index (χ0v) is 10.5. The van der Waals surface area contributed by atoms with Gasteiger partial charge in [-0.25, -0.2) is 0 Å². The average molecular weight is 211 g/mol. The Morgan fingerprint density at radius 1 is 1.47 bits per heavy atom. The SMILES string of the molecule is CCCC(C)(C=O)CN1CCC(CC)C1. The van der Waals surface area contributed by atoms with Crippen LogP contribution in [0.3, 0.4) is 0 Å². The molecule has 2 heteroatoms. The summed E-state index contributed by atoms with van der Waals surface area (Å²) in [6.07, 6.45) is 5.87. The van der Waals surface area contributed by atoms with Gasteiger partial charge in [0.2, 0.25) is 0 Å². The predicted octanol–water partition coefficient (Wildman–Crippen LogP) is 2.72. The minimum absolute atomic E-state index is 0.114. The molecule has 0 aromatic carbocycles. The number of aldehydes is 1. The average Bonchev–Trinajstić information content (AvgIpc) is 2.66. The number of carbonyl (C=O) groups is 1. The Morgan fingerprint density at radius 2 is 2.20 bits per heavy atom. The summed E-state index contributed by atoms with van der Waals surface area (Å²) in [5.41, 5.74) is -0.114. The van der Waals surface area contributed by atoms with Crippen LogP contribution in [-0.4, -0.2) is 30.8 Å². The molecule has 1 aliphatic rings. The maximum Gasteiger partial charge on any atom is 0.127 e. The molecule has 1 saturated heterocycles. The third-order valence-corrected chi connectivity index (χ3v) is 3.64. The molecular formula is C13H25NO. The van der Waals surface area contributed by atoms with Crippen molar-refractivity contribution < 1.29 is 4.79 Å². The van der Waals surface area contributed by atoms with Crippen LogP contribution in [0.25, 0.3) is 0 Å². The lowest BCUT2D eigenvalue weighted by atomic mass is 9.87. The molecule has 0 N–H and O–H groups in total. The molecule has 0 aliphatic carbocycles. The summed E-state index contributed by atoms with van der Waals surface area (Å²) < 4.78 is 0. The van der Waals surface area contributed by atoms with Gasteiger partial charge in [-0.2, -0.15) is 0 Å². The Bertz CT molecular complexity index is 205. The van der Waals surface area contributed by atoms with Crippen LogP contribution in [0.5, 0.6) is 0 Å². The summed E-state index contributed by atoms with van der Waals surface area (Å²) in [5.74, 6) is 0.863. The van der Waals surface area contributed by atoms with Gasteiger partial charge in [0.1, 0.15) is 6.29 Å². The van der Waals surface area contributed by atoms with Crippen LogP contribution >= 0.6 is 0 Å². The highest BCUT2D eigenvalue weighted by Gasteiger charge is 2.29. The Kier molecular flexibility index (Phi) is 4.78. The van der Waals surface area contributed by atoms with Crippen molar-refractivity contribution in [1.29, 1.82) is 0 Å². The summed E-state index contributed by atoms with van der Waals surface area (Å²) in [5, 5.41) is 0. The first-order valence-electron chi connectivity index (χ1n) is 6.32. The highest BCUT2D eigenvalue weighted by molar-refractivity contribution is 5.59. The van der Waals surface area contributed by atoms with E-state index in [1.165, 1.54) is 25.9 Å². The third-order valence-electron chi connectivity index (χ3n) is 3.64. The molecule has 0 saturated carbocycles. The molecule has 1 rings (SSSR count). The monoisotopic (exact) mass is 211 g/mol. The second-order valence-corrected chi connectivity index (χ2v) is 5.32. The minimum atomic E-state index is -0.114. The first-order valence-corrected chi connectivity index (χ1v) is 6.32. The molecule has 0 aromatic rings.